The molecule has 3 aromatic rings. The van der Waals surface area contributed by atoms with Gasteiger partial charge in [0.2, 0.25) is 11.9 Å². The fourth-order valence-corrected chi connectivity index (χ4v) is 2.86. The summed E-state index contributed by atoms with van der Waals surface area (Å²) >= 11 is 0. The van der Waals surface area contributed by atoms with E-state index in [1.54, 1.807) is 24.8 Å². The number of anilines is 3. The zero-order valence-electron chi connectivity index (χ0n) is 15.9. The van der Waals surface area contributed by atoms with Gasteiger partial charge in [-0.1, -0.05) is 0 Å². The molecule has 0 radical (unpaired) electrons. The summed E-state index contributed by atoms with van der Waals surface area (Å²) in [5.41, 5.74) is 2.61. The van der Waals surface area contributed by atoms with Crippen LogP contribution in [0.1, 0.15) is 23.9 Å². The highest BCUT2D eigenvalue weighted by Gasteiger charge is 2.28. The lowest BCUT2D eigenvalue weighted by Crippen LogP contribution is -2.44. The van der Waals surface area contributed by atoms with Crippen molar-refractivity contribution in [3.8, 4) is 0 Å². The second kappa shape index (κ2) is 7.22. The van der Waals surface area contributed by atoms with E-state index in [4.69, 9.17) is 0 Å². The van der Waals surface area contributed by atoms with Gasteiger partial charge in [-0.15, -0.1) is 0 Å². The predicted octanol–water partition coefficient (Wildman–Crippen LogP) is 1.21. The van der Waals surface area contributed by atoms with Crippen molar-refractivity contribution in [1.82, 2.24) is 29.7 Å². The van der Waals surface area contributed by atoms with E-state index >= 15 is 0 Å². The van der Waals surface area contributed by atoms with Gasteiger partial charge in [0.15, 0.2) is 5.82 Å². The van der Waals surface area contributed by atoms with Gasteiger partial charge in [-0.05, 0) is 13.8 Å². The minimum Gasteiger partial charge on any atom is -0.350 e. The van der Waals surface area contributed by atoms with Gasteiger partial charge in [-0.3, -0.25) is 9.48 Å². The Kier molecular flexibility index (Phi) is 4.60. The Morgan fingerprint density at radius 1 is 1.14 bits per heavy atom. The average Bonchev–Trinajstić information content (AvgIpc) is 3.14. The molecule has 1 aliphatic heterocycles. The van der Waals surface area contributed by atoms with Crippen LogP contribution < -0.4 is 15.5 Å². The number of nitrogens with zero attached hydrogens (tertiary/aromatic N) is 7. The lowest BCUT2D eigenvalue weighted by molar-refractivity contribution is -0.117. The predicted molar refractivity (Wildman–Crippen MR) is 104 cm³/mol. The van der Waals surface area contributed by atoms with Crippen molar-refractivity contribution in [2.24, 2.45) is 0 Å². The van der Waals surface area contributed by atoms with Gasteiger partial charge < -0.3 is 15.5 Å². The van der Waals surface area contributed by atoms with Gasteiger partial charge in [0.05, 0.1) is 18.9 Å². The standard InChI is InChI=1S/C18H21N9O/c1-11-17(28)24-15-8-22-18(25-16(15)26(11)3)21-6-14-7-23-27(10-14)9-13-4-19-12(2)20-5-13/h4-5,7-8,10-11H,6,9H2,1-3H3,(H,24,28)(H,21,22,25)/t11-/m0/s1. The molecule has 0 spiro atoms. The lowest BCUT2D eigenvalue weighted by Gasteiger charge is -2.31. The van der Waals surface area contributed by atoms with Gasteiger partial charge in [0.25, 0.3) is 0 Å². The fourth-order valence-electron chi connectivity index (χ4n) is 2.86. The molecular formula is C18H21N9O. The molecule has 144 valence electrons. The summed E-state index contributed by atoms with van der Waals surface area (Å²) in [5.74, 6) is 1.87. The average molecular weight is 379 g/mol. The van der Waals surface area contributed by atoms with E-state index in [1.165, 1.54) is 0 Å². The first-order chi connectivity index (χ1) is 13.5. The van der Waals surface area contributed by atoms with Crippen LogP contribution in [0.3, 0.4) is 0 Å². The minimum atomic E-state index is -0.278. The van der Waals surface area contributed by atoms with Crippen molar-refractivity contribution in [2.45, 2.75) is 33.0 Å². The number of hydrogen-bond donors (Lipinski definition) is 2. The summed E-state index contributed by atoms with van der Waals surface area (Å²) in [7, 11) is 1.85. The van der Waals surface area contributed by atoms with Gasteiger partial charge in [-0.2, -0.15) is 10.1 Å². The Labute approximate surface area is 162 Å². The third-order valence-electron chi connectivity index (χ3n) is 4.64. The summed E-state index contributed by atoms with van der Waals surface area (Å²) < 4.78 is 1.84. The molecule has 28 heavy (non-hydrogen) atoms. The molecule has 4 rings (SSSR count). The smallest absolute Gasteiger partial charge is 0.246 e. The van der Waals surface area contributed by atoms with Crippen molar-refractivity contribution in [2.75, 3.05) is 22.6 Å². The van der Waals surface area contributed by atoms with Gasteiger partial charge in [0.1, 0.15) is 17.6 Å². The number of aromatic nitrogens is 6. The zero-order chi connectivity index (χ0) is 19.7. The zero-order valence-corrected chi connectivity index (χ0v) is 15.9. The number of rotatable bonds is 5. The molecule has 0 aliphatic carbocycles. The van der Waals surface area contributed by atoms with E-state index in [-0.39, 0.29) is 11.9 Å². The molecule has 3 aromatic heterocycles. The van der Waals surface area contributed by atoms with Crippen LogP contribution in [0.5, 0.6) is 0 Å². The number of amides is 1. The van der Waals surface area contributed by atoms with Crippen LogP contribution in [0.15, 0.2) is 31.0 Å². The maximum Gasteiger partial charge on any atom is 0.246 e. The molecule has 0 fully saturated rings. The van der Waals surface area contributed by atoms with Crippen LogP contribution in [-0.4, -0.2) is 48.7 Å². The van der Waals surface area contributed by atoms with Crippen LogP contribution in [0, 0.1) is 6.92 Å². The van der Waals surface area contributed by atoms with E-state index in [0.29, 0.717) is 30.5 Å². The van der Waals surface area contributed by atoms with Crippen LogP contribution >= 0.6 is 0 Å². The van der Waals surface area contributed by atoms with Gasteiger partial charge >= 0.3 is 0 Å². The van der Waals surface area contributed by atoms with E-state index in [1.807, 2.05) is 36.7 Å². The Balaban J connectivity index is 1.41. The third kappa shape index (κ3) is 3.61. The molecule has 0 saturated carbocycles. The fraction of sp³-hybridized carbons (Fsp3) is 0.333. The molecular weight excluding hydrogens is 358 g/mol. The van der Waals surface area contributed by atoms with Crippen molar-refractivity contribution in [3.05, 3.63) is 47.9 Å². The number of carbonyl (C=O) groups is 1. The molecule has 4 heterocycles. The minimum absolute atomic E-state index is 0.0642. The van der Waals surface area contributed by atoms with E-state index in [2.05, 4.69) is 35.7 Å². The maximum atomic E-state index is 11.9. The van der Waals surface area contributed by atoms with Crippen molar-refractivity contribution in [3.63, 3.8) is 0 Å². The molecule has 10 heteroatoms. The molecule has 0 aromatic carbocycles. The number of aryl methyl sites for hydroxylation is 1. The molecule has 1 amide bonds. The summed E-state index contributed by atoms with van der Waals surface area (Å²) in [4.78, 5) is 30.9. The van der Waals surface area contributed by atoms with Gasteiger partial charge in [-0.25, -0.2) is 15.0 Å². The lowest BCUT2D eigenvalue weighted by atomic mass is 10.2. The first-order valence-corrected chi connectivity index (χ1v) is 8.93. The first kappa shape index (κ1) is 17.8. The Morgan fingerprint density at radius 2 is 1.93 bits per heavy atom. The maximum absolute atomic E-state index is 11.9. The number of hydrogen-bond acceptors (Lipinski definition) is 8. The Morgan fingerprint density at radius 3 is 2.71 bits per heavy atom. The Hall–Kier alpha value is -3.56. The number of fused-ring (bicyclic) bond motifs is 1. The number of likely N-dealkylation sites (N-methyl/N-ethyl adjacent to an activating group) is 1. The molecule has 2 N–H and O–H groups in total. The molecule has 1 aliphatic rings. The highest BCUT2D eigenvalue weighted by atomic mass is 16.2. The molecule has 1 atom stereocenters. The van der Waals surface area contributed by atoms with Crippen LogP contribution in [-0.2, 0) is 17.9 Å². The number of nitrogens with one attached hydrogen (secondary N) is 2. The van der Waals surface area contributed by atoms with Crippen molar-refractivity contribution < 1.29 is 4.79 Å². The quantitative estimate of drug-likeness (QED) is 0.680. The largest absolute Gasteiger partial charge is 0.350 e. The van der Waals surface area contributed by atoms with Gasteiger partial charge in [0, 0.05) is 43.3 Å². The second-order valence-corrected chi connectivity index (χ2v) is 6.75. The van der Waals surface area contributed by atoms with E-state index in [9.17, 15) is 4.79 Å². The van der Waals surface area contributed by atoms with Crippen molar-refractivity contribution in [1.29, 1.82) is 0 Å². The van der Waals surface area contributed by atoms with Crippen LogP contribution in [0.2, 0.25) is 0 Å². The summed E-state index contributed by atoms with van der Waals surface area (Å²) in [6, 6.07) is -0.278. The topological polar surface area (TPSA) is 114 Å². The monoisotopic (exact) mass is 379 g/mol. The van der Waals surface area contributed by atoms with Crippen molar-refractivity contribution >= 4 is 23.4 Å². The molecule has 0 bridgehead atoms. The summed E-state index contributed by atoms with van der Waals surface area (Å²) in [5, 5.41) is 10.4. The van der Waals surface area contributed by atoms with Crippen LogP contribution in [0.4, 0.5) is 17.5 Å². The highest BCUT2D eigenvalue weighted by molar-refractivity contribution is 6.02. The van der Waals surface area contributed by atoms with Crippen LogP contribution in [0.25, 0.3) is 0 Å². The normalized spacial score (nSPS) is 15.9. The third-order valence-corrected chi connectivity index (χ3v) is 4.64. The second-order valence-electron chi connectivity index (χ2n) is 6.75. The van der Waals surface area contributed by atoms with E-state index in [0.717, 1.165) is 17.0 Å². The molecule has 0 saturated heterocycles. The SMILES string of the molecule is Cc1ncc(Cn2cc(CNc3ncc4c(n3)N(C)[C@@H](C)C(=O)N4)cn2)cn1. The first-order valence-electron chi connectivity index (χ1n) is 8.93. The Bertz CT molecular complexity index is 999. The molecule has 10 nitrogen and oxygen atoms in total. The highest BCUT2D eigenvalue weighted by Crippen LogP contribution is 2.28. The molecule has 0 unspecified atom stereocenters. The summed E-state index contributed by atoms with van der Waals surface area (Å²) in [6.45, 7) is 4.84. The van der Waals surface area contributed by atoms with E-state index < -0.39 is 0 Å². The summed E-state index contributed by atoms with van der Waals surface area (Å²) in [6.07, 6.45) is 8.98. The number of carbonyl (C=O) groups excluding carboxylic acids is 1.